The summed E-state index contributed by atoms with van der Waals surface area (Å²) < 4.78 is 4.29. The van der Waals surface area contributed by atoms with Crippen LogP contribution in [0.4, 0.5) is 0 Å². The van der Waals surface area contributed by atoms with Crippen molar-refractivity contribution in [2.24, 2.45) is 28.6 Å². The van der Waals surface area contributed by atoms with Crippen molar-refractivity contribution in [2.45, 2.75) is 107 Å². The monoisotopic (exact) mass is 617 g/mol. The molecule has 0 bridgehead atoms. The minimum Gasteiger partial charge on any atom is -0.393 e. The van der Waals surface area contributed by atoms with Crippen LogP contribution in [0.3, 0.4) is 0 Å². The van der Waals surface area contributed by atoms with Gasteiger partial charge in [0.2, 0.25) is 0 Å². The molecule has 1 aromatic carbocycles. The summed E-state index contributed by atoms with van der Waals surface area (Å²) >= 11 is 3.04. The van der Waals surface area contributed by atoms with E-state index >= 15 is 0 Å². The van der Waals surface area contributed by atoms with Crippen LogP contribution in [0.2, 0.25) is 0 Å². The van der Waals surface area contributed by atoms with E-state index in [1.807, 2.05) is 18.2 Å². The van der Waals surface area contributed by atoms with Gasteiger partial charge in [-0.15, -0.1) is 11.3 Å². The highest BCUT2D eigenvalue weighted by molar-refractivity contribution is 8.01. The van der Waals surface area contributed by atoms with Gasteiger partial charge in [0.15, 0.2) is 10.1 Å². The molecule has 2 aromatic heterocycles. The Morgan fingerprint density at radius 1 is 1.14 bits per heavy atom. The third-order valence-electron chi connectivity index (χ3n) is 12.6. The molecule has 4 saturated carbocycles. The quantitative estimate of drug-likeness (QED) is 0.294. The number of benzene rings is 1. The van der Waals surface area contributed by atoms with Gasteiger partial charge in [0, 0.05) is 5.41 Å². The number of nitrogens with zero attached hydrogens (tertiary/aromatic N) is 3. The van der Waals surface area contributed by atoms with E-state index in [4.69, 9.17) is 5.10 Å². The minimum atomic E-state index is -1.41. The topological polar surface area (TPSA) is 88.2 Å². The van der Waals surface area contributed by atoms with E-state index in [-0.39, 0.29) is 28.8 Å². The van der Waals surface area contributed by atoms with Crippen LogP contribution in [0.5, 0.6) is 0 Å². The first-order chi connectivity index (χ1) is 20.7. The maximum Gasteiger partial charge on any atom is 0.175 e. The number of fused-ring (bicyclic) bond motifs is 7. The van der Waals surface area contributed by atoms with Crippen LogP contribution >= 0.6 is 23.1 Å². The molecule has 8 heteroatoms. The number of Topliss-reactive ketones (excluding diaryl/α,β-unsaturated/α-hetero) is 1. The Bertz CT molecular complexity index is 1570. The van der Waals surface area contributed by atoms with Crippen LogP contribution in [0.25, 0.3) is 16.3 Å². The highest BCUT2D eigenvalue weighted by Gasteiger charge is 2.68. The van der Waals surface area contributed by atoms with Crippen molar-refractivity contribution in [2.75, 3.05) is 5.75 Å². The van der Waals surface area contributed by atoms with Gasteiger partial charge in [0.25, 0.3) is 0 Å². The fourth-order valence-corrected chi connectivity index (χ4v) is 12.5. The van der Waals surface area contributed by atoms with Gasteiger partial charge in [-0.25, -0.2) is 4.98 Å². The van der Waals surface area contributed by atoms with Crippen molar-refractivity contribution < 1.29 is 15.0 Å². The molecule has 43 heavy (non-hydrogen) atoms. The maximum absolute atomic E-state index is 13.8. The number of aliphatic hydroxyl groups is 2. The van der Waals surface area contributed by atoms with Gasteiger partial charge >= 0.3 is 0 Å². The predicted octanol–water partition coefficient (Wildman–Crippen LogP) is 7.24. The molecule has 4 fully saturated rings. The third-order valence-corrected chi connectivity index (χ3v) is 14.8. The number of ketones is 1. The van der Waals surface area contributed by atoms with Crippen LogP contribution in [-0.2, 0) is 11.2 Å². The SMILES string of the molecule is C[C@]12Cc3cnn(C4CCCCC4)c3C=C1CC[C@@H]1[C@@H]2[C@@H](O)C[C@@]2(C)[C@H]1CC[C@]2(O)C(=O)CSc1nc2ccccc2s1. The first kappa shape index (κ1) is 28.5. The molecule has 2 heterocycles. The molecule has 7 atom stereocenters. The largest absolute Gasteiger partial charge is 0.393 e. The van der Waals surface area contributed by atoms with Gasteiger partial charge < -0.3 is 10.2 Å². The fourth-order valence-electron chi connectivity index (χ4n) is 10.4. The summed E-state index contributed by atoms with van der Waals surface area (Å²) in [4.78, 5) is 18.5. The van der Waals surface area contributed by atoms with Gasteiger partial charge in [-0.1, -0.05) is 62.6 Å². The molecule has 6 nitrogen and oxygen atoms in total. The normalized spacial score (nSPS) is 37.3. The number of para-hydroxylation sites is 1. The second kappa shape index (κ2) is 10.3. The predicted molar refractivity (Wildman–Crippen MR) is 172 cm³/mol. The van der Waals surface area contributed by atoms with Crippen molar-refractivity contribution in [3.63, 3.8) is 0 Å². The Balaban J connectivity index is 1.04. The highest BCUT2D eigenvalue weighted by atomic mass is 32.2. The lowest BCUT2D eigenvalue weighted by molar-refractivity contribution is -0.177. The summed E-state index contributed by atoms with van der Waals surface area (Å²) in [5.74, 6) is 0.761. The zero-order valence-corrected chi connectivity index (χ0v) is 26.9. The summed E-state index contributed by atoms with van der Waals surface area (Å²) in [6, 6.07) is 8.54. The Morgan fingerprint density at radius 3 is 2.77 bits per heavy atom. The number of hydrogen-bond donors (Lipinski definition) is 2. The molecule has 2 N–H and O–H groups in total. The van der Waals surface area contributed by atoms with E-state index in [0.717, 1.165) is 40.2 Å². The lowest BCUT2D eigenvalue weighted by Gasteiger charge is -2.60. The van der Waals surface area contributed by atoms with E-state index in [0.29, 0.717) is 24.8 Å². The number of hydrogen-bond acceptors (Lipinski definition) is 7. The van der Waals surface area contributed by atoms with Gasteiger partial charge in [-0.3, -0.25) is 9.48 Å². The molecule has 8 rings (SSSR count). The van der Waals surface area contributed by atoms with Crippen LogP contribution in [0, 0.1) is 28.6 Å². The molecule has 228 valence electrons. The van der Waals surface area contributed by atoms with Gasteiger partial charge in [0.05, 0.1) is 40.0 Å². The number of thiazole rings is 1. The van der Waals surface area contributed by atoms with Crippen molar-refractivity contribution in [1.82, 2.24) is 14.8 Å². The van der Waals surface area contributed by atoms with Crippen molar-refractivity contribution >= 4 is 45.2 Å². The molecular formula is C35H43N3O3S2. The first-order valence-corrected chi connectivity index (χ1v) is 18.2. The van der Waals surface area contributed by atoms with E-state index < -0.39 is 17.1 Å². The Labute approximate surface area is 262 Å². The zero-order valence-electron chi connectivity index (χ0n) is 25.3. The molecule has 0 radical (unpaired) electrons. The molecule has 0 aliphatic heterocycles. The maximum atomic E-state index is 13.8. The van der Waals surface area contributed by atoms with Crippen LogP contribution < -0.4 is 0 Å². The van der Waals surface area contributed by atoms with E-state index in [9.17, 15) is 15.0 Å². The summed E-state index contributed by atoms with van der Waals surface area (Å²) in [6.45, 7) is 4.48. The van der Waals surface area contributed by atoms with E-state index in [1.54, 1.807) is 11.3 Å². The number of carbonyl (C=O) groups is 1. The Kier molecular flexibility index (Phi) is 6.79. The van der Waals surface area contributed by atoms with E-state index in [2.05, 4.69) is 41.9 Å². The number of allylic oxidation sites excluding steroid dienone is 1. The number of thioether (sulfide) groups is 1. The standard InChI is InChI=1S/C35H43N3O3S2/c1-33-17-21-19-36-38(23-8-4-3-5-9-23)27(21)16-22(33)12-13-24-25-14-15-35(41,34(25,2)18-28(39)31(24)33)30(40)20-42-32-37-26-10-6-7-11-29(26)43-32/h6-7,10-11,16,19,23-25,28,31,39,41H,3-5,8-9,12-15,17-18,20H2,1-2H3/t24-,25-,28-,31+,33-,34-,35-/m0/s1. The van der Waals surface area contributed by atoms with Crippen molar-refractivity contribution in [1.29, 1.82) is 0 Å². The molecule has 0 amide bonds. The summed E-state index contributed by atoms with van der Waals surface area (Å²) in [7, 11) is 0. The number of carbonyl (C=O) groups excluding carboxylic acids is 1. The molecule has 0 saturated heterocycles. The second-order valence-electron chi connectivity index (χ2n) is 14.6. The van der Waals surface area contributed by atoms with Crippen LogP contribution in [0.1, 0.15) is 95.4 Å². The van der Waals surface area contributed by atoms with Crippen LogP contribution in [0.15, 0.2) is 40.4 Å². The lowest BCUT2D eigenvalue weighted by atomic mass is 9.45. The van der Waals surface area contributed by atoms with Gasteiger partial charge in [-0.2, -0.15) is 5.10 Å². The van der Waals surface area contributed by atoms with E-state index in [1.165, 1.54) is 60.7 Å². The van der Waals surface area contributed by atoms with Gasteiger partial charge in [-0.05, 0) is 98.3 Å². The number of aliphatic hydroxyl groups excluding tert-OH is 1. The van der Waals surface area contributed by atoms with Gasteiger partial charge in [0.1, 0.15) is 5.60 Å². The van der Waals surface area contributed by atoms with Crippen LogP contribution in [-0.4, -0.2) is 48.2 Å². The Morgan fingerprint density at radius 2 is 1.95 bits per heavy atom. The fraction of sp³-hybridized carbons (Fsp3) is 0.629. The number of rotatable bonds is 5. The summed E-state index contributed by atoms with van der Waals surface area (Å²) in [5, 5.41) is 29.1. The lowest BCUT2D eigenvalue weighted by Crippen LogP contribution is -2.62. The third kappa shape index (κ3) is 4.22. The smallest absolute Gasteiger partial charge is 0.175 e. The zero-order chi connectivity index (χ0) is 29.6. The van der Waals surface area contributed by atoms with Crippen molar-refractivity contribution in [3.05, 3.63) is 47.3 Å². The summed E-state index contributed by atoms with van der Waals surface area (Å²) in [6.07, 6.45) is 15.1. The first-order valence-electron chi connectivity index (χ1n) is 16.4. The second-order valence-corrected chi connectivity index (χ2v) is 16.9. The average Bonchev–Trinajstić information content (AvgIpc) is 3.68. The molecular weight excluding hydrogens is 575 g/mol. The minimum absolute atomic E-state index is 0.104. The summed E-state index contributed by atoms with van der Waals surface area (Å²) in [5.41, 5.74) is 2.89. The molecule has 3 aromatic rings. The Hall–Kier alpha value is -2.00. The molecule has 0 spiro atoms. The average molecular weight is 618 g/mol. The van der Waals surface area contributed by atoms with Crippen molar-refractivity contribution in [3.8, 4) is 0 Å². The molecule has 5 aliphatic carbocycles. The highest BCUT2D eigenvalue weighted by Crippen LogP contribution is 2.67. The number of aromatic nitrogens is 3. The molecule has 5 aliphatic rings. The molecule has 0 unspecified atom stereocenters.